The van der Waals surface area contributed by atoms with Gasteiger partial charge in [0.05, 0.1) is 25.4 Å². The molecule has 1 amide bonds. The molecule has 0 aromatic carbocycles. The molecule has 0 aliphatic carbocycles. The summed E-state index contributed by atoms with van der Waals surface area (Å²) in [6.07, 6.45) is 0.859. The molecule has 0 spiro atoms. The maximum absolute atomic E-state index is 11.5. The minimum absolute atomic E-state index is 0.0113. The van der Waals surface area contributed by atoms with Gasteiger partial charge in [-0.3, -0.25) is 9.69 Å². The van der Waals surface area contributed by atoms with Crippen molar-refractivity contribution in [3.63, 3.8) is 0 Å². The van der Waals surface area contributed by atoms with Crippen LogP contribution in [-0.4, -0.2) is 60.9 Å². The highest BCUT2D eigenvalue weighted by molar-refractivity contribution is 5.77. The molecule has 0 radical (unpaired) electrons. The van der Waals surface area contributed by atoms with Gasteiger partial charge >= 0.3 is 0 Å². The number of amides is 1. The number of ether oxygens (including phenoxy) is 1. The zero-order valence-corrected chi connectivity index (χ0v) is 10.1. The van der Waals surface area contributed by atoms with Crippen LogP contribution in [0.4, 0.5) is 0 Å². The Kier molecular flexibility index (Phi) is 5.73. The zero-order valence-electron chi connectivity index (χ0n) is 10.1. The molecule has 5 nitrogen and oxygen atoms in total. The molecule has 0 bridgehead atoms. The Morgan fingerprint density at radius 2 is 2.31 bits per heavy atom. The van der Waals surface area contributed by atoms with Crippen LogP contribution in [0.5, 0.6) is 0 Å². The number of hydrogen-bond acceptors (Lipinski definition) is 4. The van der Waals surface area contributed by atoms with Crippen molar-refractivity contribution in [2.75, 3.05) is 32.8 Å². The molecule has 2 unspecified atom stereocenters. The smallest absolute Gasteiger partial charge is 0.234 e. The number of rotatable bonds is 5. The minimum atomic E-state index is -0.164. The second kappa shape index (κ2) is 6.83. The van der Waals surface area contributed by atoms with Crippen molar-refractivity contribution in [2.24, 2.45) is 0 Å². The summed E-state index contributed by atoms with van der Waals surface area (Å²) in [4.78, 5) is 13.5. The number of aliphatic hydroxyl groups is 1. The van der Waals surface area contributed by atoms with Gasteiger partial charge in [-0.1, -0.05) is 6.92 Å². The van der Waals surface area contributed by atoms with E-state index in [2.05, 4.69) is 5.32 Å². The highest BCUT2D eigenvalue weighted by Crippen LogP contribution is 2.10. The quantitative estimate of drug-likeness (QED) is 0.674. The van der Waals surface area contributed by atoms with Crippen LogP contribution >= 0.6 is 0 Å². The van der Waals surface area contributed by atoms with Crippen molar-refractivity contribution < 1.29 is 14.6 Å². The summed E-state index contributed by atoms with van der Waals surface area (Å²) in [7, 11) is 0. The van der Waals surface area contributed by atoms with Crippen LogP contribution in [0.1, 0.15) is 20.3 Å². The van der Waals surface area contributed by atoms with Gasteiger partial charge in [0.2, 0.25) is 5.91 Å². The lowest BCUT2D eigenvalue weighted by Gasteiger charge is -2.35. The maximum Gasteiger partial charge on any atom is 0.234 e. The number of aliphatic hydroxyl groups excluding tert-OH is 1. The van der Waals surface area contributed by atoms with E-state index in [0.29, 0.717) is 13.1 Å². The van der Waals surface area contributed by atoms with Crippen LogP contribution in [-0.2, 0) is 9.53 Å². The van der Waals surface area contributed by atoms with E-state index in [-0.39, 0.29) is 24.7 Å². The molecule has 1 aliphatic rings. The van der Waals surface area contributed by atoms with E-state index in [9.17, 15) is 4.79 Å². The van der Waals surface area contributed by atoms with E-state index >= 15 is 0 Å². The van der Waals surface area contributed by atoms with E-state index in [4.69, 9.17) is 9.84 Å². The lowest BCUT2D eigenvalue weighted by Crippen LogP contribution is -2.51. The third kappa shape index (κ3) is 4.47. The Morgan fingerprint density at radius 3 is 2.94 bits per heavy atom. The summed E-state index contributed by atoms with van der Waals surface area (Å²) in [6.45, 7) is 6.48. The predicted molar refractivity (Wildman–Crippen MR) is 61.2 cm³/mol. The number of carbonyl (C=O) groups excluding carboxylic acids is 1. The van der Waals surface area contributed by atoms with Crippen LogP contribution < -0.4 is 5.32 Å². The first-order valence-electron chi connectivity index (χ1n) is 5.91. The number of carbonyl (C=O) groups is 1. The van der Waals surface area contributed by atoms with Crippen molar-refractivity contribution in [3.8, 4) is 0 Å². The molecule has 94 valence electrons. The van der Waals surface area contributed by atoms with Gasteiger partial charge in [0.25, 0.3) is 0 Å². The molecule has 1 aliphatic heterocycles. The van der Waals surface area contributed by atoms with Crippen LogP contribution in [0, 0.1) is 0 Å². The molecule has 0 saturated carbocycles. The van der Waals surface area contributed by atoms with Gasteiger partial charge in [0.1, 0.15) is 0 Å². The van der Waals surface area contributed by atoms with Gasteiger partial charge in [-0.25, -0.2) is 0 Å². The molecular weight excluding hydrogens is 208 g/mol. The van der Waals surface area contributed by atoms with Crippen LogP contribution in [0.3, 0.4) is 0 Å². The first-order chi connectivity index (χ1) is 7.65. The SMILES string of the molecule is CCCNC(=O)CN1CC(C)OC(CO)C1. The van der Waals surface area contributed by atoms with Crippen molar-refractivity contribution >= 4 is 5.91 Å². The molecule has 16 heavy (non-hydrogen) atoms. The number of morpholine rings is 1. The second-order valence-corrected chi connectivity index (χ2v) is 4.30. The van der Waals surface area contributed by atoms with Gasteiger partial charge in [-0.05, 0) is 13.3 Å². The standard InChI is InChI=1S/C11H22N2O3/c1-3-4-12-11(15)7-13-5-9(2)16-10(6-13)8-14/h9-10,14H,3-8H2,1-2H3,(H,12,15). The second-order valence-electron chi connectivity index (χ2n) is 4.30. The lowest BCUT2D eigenvalue weighted by molar-refractivity contribution is -0.128. The number of nitrogens with zero attached hydrogens (tertiary/aromatic N) is 1. The summed E-state index contributed by atoms with van der Waals surface area (Å²) in [5, 5.41) is 11.9. The van der Waals surface area contributed by atoms with Crippen LogP contribution in [0.15, 0.2) is 0 Å². The fraction of sp³-hybridized carbons (Fsp3) is 0.909. The van der Waals surface area contributed by atoms with Crippen LogP contribution in [0.25, 0.3) is 0 Å². The van der Waals surface area contributed by atoms with E-state index in [0.717, 1.165) is 19.5 Å². The predicted octanol–water partition coefficient (Wildman–Crippen LogP) is -0.406. The molecule has 5 heteroatoms. The van der Waals surface area contributed by atoms with E-state index in [1.165, 1.54) is 0 Å². The average molecular weight is 230 g/mol. The van der Waals surface area contributed by atoms with Crippen LogP contribution in [0.2, 0.25) is 0 Å². The van der Waals surface area contributed by atoms with E-state index in [1.54, 1.807) is 0 Å². The molecule has 1 fully saturated rings. The average Bonchev–Trinajstić information content (AvgIpc) is 2.25. The molecular formula is C11H22N2O3. The molecule has 0 aromatic rings. The summed E-state index contributed by atoms with van der Waals surface area (Å²) >= 11 is 0. The Balaban J connectivity index is 2.32. The van der Waals surface area contributed by atoms with Crippen molar-refractivity contribution in [2.45, 2.75) is 32.5 Å². The molecule has 1 heterocycles. The molecule has 1 saturated heterocycles. The molecule has 2 atom stereocenters. The van der Waals surface area contributed by atoms with E-state index in [1.807, 2.05) is 18.7 Å². The third-order valence-electron chi connectivity index (χ3n) is 2.54. The van der Waals surface area contributed by atoms with E-state index < -0.39 is 0 Å². The normalized spacial score (nSPS) is 26.7. The Bertz CT molecular complexity index is 223. The Hall–Kier alpha value is -0.650. The van der Waals surface area contributed by atoms with Crippen molar-refractivity contribution in [1.82, 2.24) is 10.2 Å². The summed E-state index contributed by atoms with van der Waals surface area (Å²) in [6, 6.07) is 0. The first kappa shape index (κ1) is 13.4. The topological polar surface area (TPSA) is 61.8 Å². The van der Waals surface area contributed by atoms with Crippen molar-refractivity contribution in [3.05, 3.63) is 0 Å². The highest BCUT2D eigenvalue weighted by atomic mass is 16.5. The van der Waals surface area contributed by atoms with Gasteiger partial charge in [0, 0.05) is 19.6 Å². The highest BCUT2D eigenvalue weighted by Gasteiger charge is 2.25. The summed E-state index contributed by atoms with van der Waals surface area (Å²) in [5.74, 6) is 0.0487. The first-order valence-corrected chi connectivity index (χ1v) is 5.91. The van der Waals surface area contributed by atoms with Gasteiger partial charge in [-0.15, -0.1) is 0 Å². The molecule has 1 rings (SSSR count). The van der Waals surface area contributed by atoms with Gasteiger partial charge in [0.15, 0.2) is 0 Å². The fourth-order valence-corrected chi connectivity index (χ4v) is 1.89. The maximum atomic E-state index is 11.5. The Morgan fingerprint density at radius 1 is 1.56 bits per heavy atom. The largest absolute Gasteiger partial charge is 0.394 e. The lowest BCUT2D eigenvalue weighted by atomic mass is 10.2. The molecule has 2 N–H and O–H groups in total. The summed E-state index contributed by atoms with van der Waals surface area (Å²) < 4.78 is 5.51. The van der Waals surface area contributed by atoms with Crippen molar-refractivity contribution in [1.29, 1.82) is 0 Å². The van der Waals surface area contributed by atoms with Gasteiger partial charge < -0.3 is 15.2 Å². The number of hydrogen-bond donors (Lipinski definition) is 2. The third-order valence-corrected chi connectivity index (χ3v) is 2.54. The summed E-state index contributed by atoms with van der Waals surface area (Å²) in [5.41, 5.74) is 0. The zero-order chi connectivity index (χ0) is 12.0. The minimum Gasteiger partial charge on any atom is -0.394 e. The monoisotopic (exact) mass is 230 g/mol. The fourth-order valence-electron chi connectivity index (χ4n) is 1.89. The molecule has 0 aromatic heterocycles. The number of nitrogens with one attached hydrogen (secondary N) is 1. The van der Waals surface area contributed by atoms with Gasteiger partial charge in [-0.2, -0.15) is 0 Å². The Labute approximate surface area is 96.8 Å².